The van der Waals surface area contributed by atoms with Crippen molar-refractivity contribution in [3.63, 3.8) is 0 Å². The summed E-state index contributed by atoms with van der Waals surface area (Å²) in [5, 5.41) is 10.5. The number of carbonyl (C=O) groups excluding carboxylic acids is 1. The van der Waals surface area contributed by atoms with Crippen LogP contribution in [0.25, 0.3) is 0 Å². The van der Waals surface area contributed by atoms with Gasteiger partial charge in [0.2, 0.25) is 10.0 Å². The number of allylic oxidation sites excluding steroid dienone is 1. The van der Waals surface area contributed by atoms with Gasteiger partial charge in [-0.1, -0.05) is 36.7 Å². The normalized spacial score (nSPS) is 25.2. The molecule has 0 aromatic heterocycles. The monoisotopic (exact) mass is 628 g/mol. The van der Waals surface area contributed by atoms with Crippen molar-refractivity contribution in [2.75, 3.05) is 24.6 Å². The molecule has 2 N–H and O–H groups in total. The van der Waals surface area contributed by atoms with Crippen LogP contribution in [-0.4, -0.2) is 50.5 Å². The summed E-state index contributed by atoms with van der Waals surface area (Å²) in [7, 11) is -3.90. The number of hydrogen-bond donors (Lipinski definition) is 2. The second-order valence-electron chi connectivity index (χ2n) is 12.7. The van der Waals surface area contributed by atoms with Gasteiger partial charge in [-0.2, -0.15) is 0 Å². The number of hydrogen-bond acceptors (Lipinski definition) is 6. The maximum atomic E-state index is 13.4. The summed E-state index contributed by atoms with van der Waals surface area (Å²) < 4.78 is 34.9. The number of nitrogens with one attached hydrogen (secondary N) is 1. The van der Waals surface area contributed by atoms with Gasteiger partial charge >= 0.3 is 0 Å². The quantitative estimate of drug-likeness (QED) is 0.300. The first-order chi connectivity index (χ1) is 20.5. The number of aliphatic hydroxyl groups excluding tert-OH is 1. The Labute approximate surface area is 262 Å². The van der Waals surface area contributed by atoms with Gasteiger partial charge in [-0.3, -0.25) is 4.79 Å². The lowest BCUT2D eigenvalue weighted by atomic mass is 9.68. The number of fused-ring (bicyclic) bond motifs is 3. The number of rotatable bonds is 10. The fraction of sp³-hybridized carbons (Fsp3) is 0.500. The van der Waals surface area contributed by atoms with E-state index in [9.17, 15) is 18.3 Å². The van der Waals surface area contributed by atoms with Crippen LogP contribution in [0.1, 0.15) is 68.9 Å². The lowest BCUT2D eigenvalue weighted by molar-refractivity contribution is 0.0460. The zero-order valence-corrected chi connectivity index (χ0v) is 26.7. The number of halogens is 1. The van der Waals surface area contributed by atoms with Gasteiger partial charge in [-0.05, 0) is 105 Å². The number of benzene rings is 2. The number of aliphatic hydroxyl groups is 1. The molecule has 3 aliphatic rings. The van der Waals surface area contributed by atoms with Gasteiger partial charge in [-0.25, -0.2) is 13.1 Å². The highest BCUT2D eigenvalue weighted by atomic mass is 35.5. The molecule has 1 heterocycles. The first-order valence-corrected chi connectivity index (χ1v) is 17.2. The fourth-order valence-electron chi connectivity index (χ4n) is 7.03. The molecule has 6 atom stereocenters. The highest BCUT2D eigenvalue weighted by Gasteiger charge is 2.44. The van der Waals surface area contributed by atoms with Crippen LogP contribution in [0.4, 0.5) is 5.69 Å². The molecule has 2 aromatic rings. The molecule has 0 bridgehead atoms. The van der Waals surface area contributed by atoms with E-state index < -0.39 is 27.3 Å². The van der Waals surface area contributed by atoms with Crippen molar-refractivity contribution in [3.8, 4) is 5.75 Å². The molecule has 7 nitrogen and oxygen atoms in total. The van der Waals surface area contributed by atoms with Gasteiger partial charge < -0.3 is 14.7 Å². The van der Waals surface area contributed by atoms with E-state index in [4.69, 9.17) is 16.3 Å². The summed E-state index contributed by atoms with van der Waals surface area (Å²) in [4.78, 5) is 15.6. The molecule has 1 saturated carbocycles. The van der Waals surface area contributed by atoms with Crippen molar-refractivity contribution in [2.45, 2.75) is 69.1 Å². The number of amides is 1. The Balaban J connectivity index is 0.00000442. The first kappa shape index (κ1) is 31.6. The third-order valence-corrected chi connectivity index (χ3v) is 12.1. The highest BCUT2D eigenvalue weighted by Crippen LogP contribution is 2.46. The van der Waals surface area contributed by atoms with Crippen molar-refractivity contribution in [1.82, 2.24) is 4.72 Å². The molecule has 1 amide bonds. The van der Waals surface area contributed by atoms with Crippen molar-refractivity contribution < 1.29 is 24.5 Å². The third kappa shape index (κ3) is 6.38. The number of nitrogens with zero attached hydrogens (tertiary/aromatic N) is 1. The summed E-state index contributed by atoms with van der Waals surface area (Å²) in [5.41, 5.74) is 3.21. The molecular weight excluding hydrogens is 584 g/mol. The van der Waals surface area contributed by atoms with Crippen LogP contribution in [0.15, 0.2) is 61.7 Å². The van der Waals surface area contributed by atoms with Crippen LogP contribution in [-0.2, 0) is 21.9 Å². The molecule has 1 spiro atoms. The second-order valence-corrected chi connectivity index (χ2v) is 15.2. The van der Waals surface area contributed by atoms with E-state index >= 15 is 0 Å². The predicted octanol–water partition coefficient (Wildman–Crippen LogP) is 6.29. The summed E-state index contributed by atoms with van der Waals surface area (Å²) >= 11 is 6.38. The Morgan fingerprint density at radius 2 is 2.05 bits per heavy atom. The Kier molecular flexibility index (Phi) is 9.31. The zero-order valence-electron chi connectivity index (χ0n) is 25.1. The molecule has 0 unspecified atom stereocenters. The van der Waals surface area contributed by atoms with Gasteiger partial charge in [0.25, 0.3) is 5.91 Å². The second kappa shape index (κ2) is 12.7. The Hall–Kier alpha value is -2.81. The van der Waals surface area contributed by atoms with E-state index in [2.05, 4.69) is 34.9 Å². The van der Waals surface area contributed by atoms with Crippen molar-refractivity contribution in [3.05, 3.63) is 83.4 Å². The molecule has 2 aromatic carbocycles. The SMILES string of the molecule is C=CC[C@H](C)[C@@H](C)S(=O)(=O)NC(=O)c1ccc2c(c1)N(C[C@@H]1CC[C@H]1[C@@H](O)C=C)C[C@@]1(CCCc3cc(Cl)ccc31)CO2.[HH]. The summed E-state index contributed by atoms with van der Waals surface area (Å²) in [5.74, 6) is 0.166. The topological polar surface area (TPSA) is 95.9 Å². The van der Waals surface area contributed by atoms with Gasteiger partial charge in [-0.15, -0.1) is 13.2 Å². The van der Waals surface area contributed by atoms with Gasteiger partial charge in [0.1, 0.15) is 5.75 Å². The molecule has 0 radical (unpaired) electrons. The summed E-state index contributed by atoms with van der Waals surface area (Å²) in [6.45, 7) is 12.8. The van der Waals surface area contributed by atoms with Gasteiger partial charge in [0.05, 0.1) is 23.6 Å². The molecule has 0 saturated heterocycles. The van der Waals surface area contributed by atoms with E-state index in [0.717, 1.165) is 42.8 Å². The first-order valence-electron chi connectivity index (χ1n) is 15.3. The van der Waals surface area contributed by atoms with Crippen molar-refractivity contribution in [2.24, 2.45) is 17.8 Å². The molecule has 43 heavy (non-hydrogen) atoms. The average molecular weight is 629 g/mol. The molecule has 1 aliphatic heterocycles. The standard InChI is InChI=1S/C34H43ClN2O5S.H2/c1-5-8-22(3)23(4)43(40,41)36-33(39)25-11-15-32-30(18-25)37(19-26-10-13-28(26)31(38)6-2)20-34(21-42-32)16-7-9-24-17-27(35)12-14-29(24)34;/h5-6,11-12,14-15,17-18,22-23,26,28,31,38H,1-2,7-10,13,16,19-21H2,3-4H3,(H,36,39);1H/t22-,23+,26-,28+,31-,34-;/m0./s1. The van der Waals surface area contributed by atoms with Crippen LogP contribution >= 0.6 is 11.6 Å². The van der Waals surface area contributed by atoms with Crippen molar-refractivity contribution in [1.29, 1.82) is 0 Å². The zero-order chi connectivity index (χ0) is 30.9. The van der Waals surface area contributed by atoms with Crippen molar-refractivity contribution >= 4 is 33.2 Å². The molecule has 9 heteroatoms. The maximum absolute atomic E-state index is 13.4. The van der Waals surface area contributed by atoms with E-state index in [1.807, 2.05) is 13.0 Å². The van der Waals surface area contributed by atoms with E-state index in [1.165, 1.54) is 11.1 Å². The fourth-order valence-corrected chi connectivity index (χ4v) is 8.51. The minimum Gasteiger partial charge on any atom is -0.490 e. The maximum Gasteiger partial charge on any atom is 0.264 e. The predicted molar refractivity (Wildman–Crippen MR) is 175 cm³/mol. The smallest absolute Gasteiger partial charge is 0.264 e. The Morgan fingerprint density at radius 3 is 2.74 bits per heavy atom. The van der Waals surface area contributed by atoms with Crippen LogP contribution in [0.3, 0.4) is 0 Å². The minimum absolute atomic E-state index is 0. The molecular formula is C34H45ClN2O5S. The number of sulfonamides is 1. The molecule has 1 fully saturated rings. The molecule has 2 aliphatic carbocycles. The van der Waals surface area contributed by atoms with Crippen LogP contribution in [0, 0.1) is 17.8 Å². The number of carbonyl (C=O) groups is 1. The number of ether oxygens (including phenoxy) is 1. The summed E-state index contributed by atoms with van der Waals surface area (Å²) in [6, 6.07) is 11.3. The summed E-state index contributed by atoms with van der Waals surface area (Å²) in [6.07, 6.45) is 8.10. The Bertz CT molecular complexity index is 1500. The number of anilines is 1. The minimum atomic E-state index is -3.90. The highest BCUT2D eigenvalue weighted by molar-refractivity contribution is 7.90. The molecule has 234 valence electrons. The lowest BCUT2D eigenvalue weighted by Crippen LogP contribution is -2.49. The van der Waals surface area contributed by atoms with Crippen LogP contribution in [0.5, 0.6) is 5.75 Å². The van der Waals surface area contributed by atoms with E-state index in [1.54, 1.807) is 37.3 Å². The lowest BCUT2D eigenvalue weighted by Gasteiger charge is -2.45. The molecule has 5 rings (SSSR count). The Morgan fingerprint density at radius 1 is 1.26 bits per heavy atom. The van der Waals surface area contributed by atoms with Gasteiger partial charge in [0.15, 0.2) is 0 Å². The van der Waals surface area contributed by atoms with E-state index in [-0.39, 0.29) is 30.2 Å². The average Bonchev–Trinajstić information content (AvgIpc) is 3.11. The van der Waals surface area contributed by atoms with Gasteiger partial charge in [0, 0.05) is 30.5 Å². The van der Waals surface area contributed by atoms with Crippen LogP contribution < -0.4 is 14.4 Å². The third-order valence-electron chi connectivity index (χ3n) is 9.97. The largest absolute Gasteiger partial charge is 0.490 e. The number of aryl methyl sites for hydroxylation is 1. The van der Waals surface area contributed by atoms with E-state index in [0.29, 0.717) is 31.9 Å². The van der Waals surface area contributed by atoms with Crippen LogP contribution in [0.2, 0.25) is 5.02 Å².